The summed E-state index contributed by atoms with van der Waals surface area (Å²) in [6.45, 7) is 0. The highest BCUT2D eigenvalue weighted by molar-refractivity contribution is 6.30. The molecule has 0 spiro atoms. The third-order valence-electron chi connectivity index (χ3n) is 9.09. The number of benzene rings is 7. The highest BCUT2D eigenvalue weighted by Crippen LogP contribution is 2.43. The molecule has 3 heteroatoms. The van der Waals surface area contributed by atoms with E-state index in [1.165, 1.54) is 54.4 Å². The number of hydrogen-bond acceptors (Lipinski definition) is 1. The number of rotatable bonds is 2. The van der Waals surface area contributed by atoms with Gasteiger partial charge in [-0.05, 0) is 53.9 Å². The number of aromatic nitrogens is 2. The first-order valence-electron chi connectivity index (χ1n) is 14.7. The lowest BCUT2D eigenvalue weighted by atomic mass is 10.0. The van der Waals surface area contributed by atoms with Crippen molar-refractivity contribution in [2.45, 2.75) is 0 Å². The van der Waals surface area contributed by atoms with Crippen LogP contribution in [0.2, 0.25) is 0 Å². The first kappa shape index (κ1) is 22.8. The molecule has 0 N–H and O–H groups in total. The van der Waals surface area contributed by atoms with Crippen LogP contribution in [0.3, 0.4) is 0 Å². The standard InChI is InChI=1S/C40H24N2O/c1-2-10-26(11-3-1)41-34-16-8-5-14-32(34)39-35(41)23-19-25-18-21-31-28-12-4-7-15-33(28)42(40(31)38(25)39)27-20-22-30-29-13-6-9-17-36(29)43-37(30)24-27/h1-24H. The maximum atomic E-state index is 6.37. The maximum absolute atomic E-state index is 6.37. The van der Waals surface area contributed by atoms with E-state index in [2.05, 4.69) is 143 Å². The summed E-state index contributed by atoms with van der Waals surface area (Å²) in [5, 5.41) is 9.79. The summed E-state index contributed by atoms with van der Waals surface area (Å²) in [7, 11) is 0. The second-order valence-corrected chi connectivity index (χ2v) is 11.3. The van der Waals surface area contributed by atoms with Crippen LogP contribution >= 0.6 is 0 Å². The number of furan rings is 1. The van der Waals surface area contributed by atoms with Gasteiger partial charge in [-0.1, -0.05) is 91.0 Å². The quantitative estimate of drug-likeness (QED) is 0.211. The Morgan fingerprint density at radius 2 is 1.02 bits per heavy atom. The van der Waals surface area contributed by atoms with Crippen LogP contribution in [0.5, 0.6) is 0 Å². The molecule has 43 heavy (non-hydrogen) atoms. The second-order valence-electron chi connectivity index (χ2n) is 11.3. The predicted octanol–water partition coefficient (Wildman–Crippen LogP) is 10.9. The molecule has 0 aliphatic heterocycles. The Bertz CT molecular complexity index is 2720. The lowest BCUT2D eigenvalue weighted by Crippen LogP contribution is -1.95. The highest BCUT2D eigenvalue weighted by Gasteiger charge is 2.21. The van der Waals surface area contributed by atoms with E-state index in [9.17, 15) is 0 Å². The molecule has 3 aromatic heterocycles. The van der Waals surface area contributed by atoms with Crippen LogP contribution in [0, 0.1) is 0 Å². The molecule has 200 valence electrons. The summed E-state index contributed by atoms with van der Waals surface area (Å²) in [4.78, 5) is 0. The van der Waals surface area contributed by atoms with Gasteiger partial charge in [0.2, 0.25) is 0 Å². The van der Waals surface area contributed by atoms with Crippen molar-refractivity contribution in [3.8, 4) is 11.4 Å². The average molecular weight is 549 g/mol. The topological polar surface area (TPSA) is 23.0 Å². The zero-order chi connectivity index (χ0) is 28.1. The number of nitrogens with zero attached hydrogens (tertiary/aromatic N) is 2. The first-order valence-corrected chi connectivity index (χ1v) is 14.7. The molecule has 3 heterocycles. The van der Waals surface area contributed by atoms with Crippen LogP contribution in [0.15, 0.2) is 150 Å². The molecule has 0 saturated heterocycles. The van der Waals surface area contributed by atoms with Crippen molar-refractivity contribution in [2.75, 3.05) is 0 Å². The molecule has 10 aromatic rings. The maximum Gasteiger partial charge on any atom is 0.137 e. The molecule has 0 atom stereocenters. The minimum atomic E-state index is 0.899. The smallest absolute Gasteiger partial charge is 0.137 e. The van der Waals surface area contributed by atoms with Crippen LogP contribution in [0.25, 0.3) is 87.7 Å². The third kappa shape index (κ3) is 3.03. The monoisotopic (exact) mass is 548 g/mol. The van der Waals surface area contributed by atoms with Crippen molar-refractivity contribution >= 4 is 76.3 Å². The molecular weight excluding hydrogens is 524 g/mol. The van der Waals surface area contributed by atoms with Gasteiger partial charge in [0.15, 0.2) is 0 Å². The molecule has 0 fully saturated rings. The van der Waals surface area contributed by atoms with E-state index in [1.807, 2.05) is 12.1 Å². The van der Waals surface area contributed by atoms with E-state index >= 15 is 0 Å². The molecule has 7 aromatic carbocycles. The fourth-order valence-corrected chi connectivity index (χ4v) is 7.30. The number of hydrogen-bond donors (Lipinski definition) is 0. The van der Waals surface area contributed by atoms with E-state index in [1.54, 1.807) is 0 Å². The summed E-state index contributed by atoms with van der Waals surface area (Å²) >= 11 is 0. The average Bonchev–Trinajstić information content (AvgIpc) is 3.72. The summed E-state index contributed by atoms with van der Waals surface area (Å²) in [6, 6.07) is 52.3. The SMILES string of the molecule is c1ccc(-n2c3ccccc3c3c4c(ccc5c6ccccc6n(-c6ccc7c(c6)oc6ccccc67)c54)ccc32)cc1. The van der Waals surface area contributed by atoms with Gasteiger partial charge in [-0.25, -0.2) is 0 Å². The van der Waals surface area contributed by atoms with E-state index in [-0.39, 0.29) is 0 Å². The Labute approximate surface area is 246 Å². The molecule has 0 saturated carbocycles. The number of fused-ring (bicyclic) bond motifs is 12. The molecule has 10 rings (SSSR count). The van der Waals surface area contributed by atoms with Crippen molar-refractivity contribution in [1.29, 1.82) is 0 Å². The van der Waals surface area contributed by atoms with Gasteiger partial charge in [-0.15, -0.1) is 0 Å². The van der Waals surface area contributed by atoms with Crippen molar-refractivity contribution in [1.82, 2.24) is 9.13 Å². The Hall–Kier alpha value is -5.80. The van der Waals surface area contributed by atoms with Crippen molar-refractivity contribution in [3.63, 3.8) is 0 Å². The summed E-state index contributed by atoms with van der Waals surface area (Å²) in [5.74, 6) is 0. The summed E-state index contributed by atoms with van der Waals surface area (Å²) in [5.41, 5.74) is 8.88. The largest absolute Gasteiger partial charge is 0.456 e. The molecule has 0 amide bonds. The summed E-state index contributed by atoms with van der Waals surface area (Å²) in [6.07, 6.45) is 0. The van der Waals surface area contributed by atoms with Crippen LogP contribution < -0.4 is 0 Å². The van der Waals surface area contributed by atoms with Gasteiger partial charge in [-0.3, -0.25) is 0 Å². The molecule has 0 aliphatic carbocycles. The lowest BCUT2D eigenvalue weighted by Gasteiger charge is -2.12. The lowest BCUT2D eigenvalue weighted by molar-refractivity contribution is 0.668. The Balaban J connectivity index is 1.42. The zero-order valence-corrected chi connectivity index (χ0v) is 23.2. The minimum absolute atomic E-state index is 0.899. The Morgan fingerprint density at radius 1 is 0.372 bits per heavy atom. The van der Waals surface area contributed by atoms with Crippen LogP contribution in [-0.2, 0) is 0 Å². The van der Waals surface area contributed by atoms with Gasteiger partial charge in [0, 0.05) is 55.1 Å². The van der Waals surface area contributed by atoms with Gasteiger partial charge in [0.25, 0.3) is 0 Å². The molecule has 0 bridgehead atoms. The molecular formula is C40H24N2O. The van der Waals surface area contributed by atoms with Gasteiger partial charge in [0.1, 0.15) is 11.2 Å². The zero-order valence-electron chi connectivity index (χ0n) is 23.2. The fourth-order valence-electron chi connectivity index (χ4n) is 7.30. The third-order valence-corrected chi connectivity index (χ3v) is 9.09. The molecule has 0 unspecified atom stereocenters. The fraction of sp³-hybridized carbons (Fsp3) is 0. The van der Waals surface area contributed by atoms with E-state index in [0.29, 0.717) is 0 Å². The number of para-hydroxylation sites is 4. The second kappa shape index (κ2) is 8.37. The van der Waals surface area contributed by atoms with Crippen LogP contribution in [-0.4, -0.2) is 9.13 Å². The van der Waals surface area contributed by atoms with Gasteiger partial charge < -0.3 is 13.6 Å². The van der Waals surface area contributed by atoms with Crippen molar-refractivity contribution in [2.24, 2.45) is 0 Å². The van der Waals surface area contributed by atoms with Gasteiger partial charge in [0.05, 0.1) is 22.1 Å². The van der Waals surface area contributed by atoms with E-state index < -0.39 is 0 Å². The Morgan fingerprint density at radius 3 is 1.88 bits per heavy atom. The van der Waals surface area contributed by atoms with Crippen molar-refractivity contribution < 1.29 is 4.42 Å². The van der Waals surface area contributed by atoms with Crippen molar-refractivity contribution in [3.05, 3.63) is 146 Å². The molecule has 0 radical (unpaired) electrons. The minimum Gasteiger partial charge on any atom is -0.456 e. The predicted molar refractivity (Wildman–Crippen MR) is 180 cm³/mol. The highest BCUT2D eigenvalue weighted by atomic mass is 16.3. The van der Waals surface area contributed by atoms with Gasteiger partial charge >= 0.3 is 0 Å². The molecule has 0 aliphatic rings. The normalized spacial score (nSPS) is 12.2. The van der Waals surface area contributed by atoms with Gasteiger partial charge in [-0.2, -0.15) is 0 Å². The van der Waals surface area contributed by atoms with Crippen LogP contribution in [0.4, 0.5) is 0 Å². The van der Waals surface area contributed by atoms with E-state index in [0.717, 1.165) is 33.3 Å². The molecule has 3 nitrogen and oxygen atoms in total. The first-order chi connectivity index (χ1) is 21.3. The van der Waals surface area contributed by atoms with E-state index in [4.69, 9.17) is 4.42 Å². The summed E-state index contributed by atoms with van der Waals surface area (Å²) < 4.78 is 11.2. The Kier molecular flexibility index (Phi) is 4.45. The van der Waals surface area contributed by atoms with Crippen LogP contribution in [0.1, 0.15) is 0 Å².